The number of hydrogen-bond donors (Lipinski definition) is 2. The predicted octanol–water partition coefficient (Wildman–Crippen LogP) is 27.5. The fourth-order valence-electron chi connectivity index (χ4n) is 13.1. The van der Waals surface area contributed by atoms with Crippen molar-refractivity contribution in [2.24, 2.45) is 140 Å². The second-order valence-electron chi connectivity index (χ2n) is 46.9. The molecule has 5 rings (SSSR count). The van der Waals surface area contributed by atoms with E-state index in [2.05, 4.69) is 56.7 Å². The van der Waals surface area contributed by atoms with Gasteiger partial charge in [0.05, 0.1) is 24.9 Å². The lowest BCUT2D eigenvalue weighted by atomic mass is 9.80. The van der Waals surface area contributed by atoms with E-state index in [1.54, 1.807) is 53.6 Å². The maximum absolute atomic E-state index is 11.4. The second-order valence-corrected chi connectivity index (χ2v) is 49.5. The fraction of sp³-hybridized carbons (Fsp3) is 0.852. The first-order valence-electron chi connectivity index (χ1n) is 55.8. The summed E-state index contributed by atoms with van der Waals surface area (Å²) in [6, 6.07) is 0.315. The molecule has 3 aliphatic carbocycles. The Morgan fingerprint density at radius 1 is 0.421 bits per heavy atom. The number of nitrogens with zero attached hydrogens (tertiary/aromatic N) is 2. The Balaban J connectivity index is -0.000000196. The van der Waals surface area contributed by atoms with E-state index < -0.39 is 15.3 Å². The van der Waals surface area contributed by atoms with Crippen molar-refractivity contribution >= 4 is 90.9 Å². The van der Waals surface area contributed by atoms with Gasteiger partial charge in [-0.1, -0.05) is 300 Å². The van der Waals surface area contributed by atoms with Gasteiger partial charge in [-0.15, -0.1) is 24.2 Å². The molecule has 0 spiro atoms. The minimum atomic E-state index is -2.24. The lowest BCUT2D eigenvalue weighted by molar-refractivity contribution is -0.134. The SMILES string of the molecule is C#CCCC(=O)C(C)C.CC#CCCC(=O)C(C)C.CC(C)C(=O)CC1CCC1.CC(C)C(=O)CC1CCCC1.CC(C)C(=O)CC1CCCC1C.CC(C)C(=O)CC1CCOCC1.CC(C)C(=O)CC1COC1.CC(C)C(=O)CCC(C)(C)O.CC(C)C(=O)N(C)C(C)C.CC(C)C(=O)N=S(C)(C)=O.CC(C)CC(=O)C(C)C.CC(O)CCC(=O)C(C)C.CCC(C)CC(=O)C(C)C.COCC(C)CC(=O)C(C)C. The molecule has 5 aliphatic rings. The number of hydrogen-bond acceptors (Lipinski definition) is 20. The van der Waals surface area contributed by atoms with Gasteiger partial charge in [-0.05, 0) is 121 Å². The molecule has 3 saturated carbocycles. The summed E-state index contributed by atoms with van der Waals surface area (Å²) >= 11 is 0. The molecule has 145 heavy (non-hydrogen) atoms. The molecule has 2 saturated heterocycles. The van der Waals surface area contributed by atoms with E-state index in [9.17, 15) is 76.4 Å². The van der Waals surface area contributed by atoms with Crippen molar-refractivity contribution in [3.05, 3.63) is 0 Å². The number of ketones is 12. The molecule has 23 heteroatoms. The first kappa shape index (κ1) is 157. The van der Waals surface area contributed by atoms with Gasteiger partial charge in [0.1, 0.15) is 69.4 Å². The van der Waals surface area contributed by atoms with Crippen LogP contribution in [-0.2, 0) is 91.1 Å². The average Bonchev–Trinajstić information content (AvgIpc) is 1.79. The number of aliphatic hydroxyl groups is 2. The molecule has 2 amide bonds. The van der Waals surface area contributed by atoms with Crippen LogP contribution in [0, 0.1) is 160 Å². The van der Waals surface area contributed by atoms with Gasteiger partial charge in [-0.25, -0.2) is 4.21 Å². The van der Waals surface area contributed by atoms with Crippen molar-refractivity contribution in [2.45, 2.75) is 481 Å². The predicted molar refractivity (Wildman–Crippen MR) is 606 cm³/mol. The Morgan fingerprint density at radius 2 is 0.752 bits per heavy atom. The summed E-state index contributed by atoms with van der Waals surface area (Å²) in [5.74, 6) is 20.0. The molecule has 0 aromatic rings. The highest BCUT2D eigenvalue weighted by atomic mass is 32.2. The molecule has 5 fully saturated rings. The lowest BCUT2D eigenvalue weighted by Gasteiger charge is -2.25. The standard InChI is InChI=1S/C11H20O.C10H18O2.C10H18O.2C9H18O2.C9H16O.C9H18O.C9H14O.C8H17NO.C8H14O2.C8H16O2.C8H16O.C8H12O.C6H13NO2S/c1-8(2)11(12)7-10-6-4-5-9(10)3;1-8(2)10(11)7-9-3-5-12-6-4-9;1-8(2)10(11)7-9-5-3-4-6-9;1-7(2)9(10)5-8(3)6-11-4;1-7(2)8(10)5-6-9(3,4)11;1-7(2)9(10)6-8-4-3-5-8;1-5-8(4)6-9(10)7(2)3;1-4-5-6-7-9(10)8(2)3;1-6(2)8(10)9(5)7(3)4;1-6(2)8(9)3-7-4-10-5-7;1-6(2)8(10)5-4-7(3)9;1-6(2)5-8(9)7(3)4;1-4-5-6-8(9)7(2)3;1-5(2)6(8)7-10(3,4)9/h8-10H,4-7H2,1-3H3;8-9H,3-7H2,1-2H3;8-9H,3-7H2,1-2H3;7-8H,5-6H2,1-4H3;7,11H,5-6H2,1-4H3;7-8H,3-6H2,1-2H3;7-8H,5-6H2,1-4H3;8H,6-7H2,1-3H3;6-7H,1-5H3;6-7H,3-5H2,1-2H3;6-7,9H,4-5H2,1-3H3;6-7H,5H2,1-4H3;1,7H,5-6H2,2-3H3;5H,1-4H3. The van der Waals surface area contributed by atoms with Gasteiger partial charge in [-0.3, -0.25) is 67.1 Å². The fourth-order valence-corrected chi connectivity index (χ4v) is 13.7. The second kappa shape index (κ2) is 92.9. The van der Waals surface area contributed by atoms with Crippen molar-refractivity contribution in [2.75, 3.05) is 59.7 Å². The Hall–Kier alpha value is -5.95. The summed E-state index contributed by atoms with van der Waals surface area (Å²) in [7, 11) is 1.26. The van der Waals surface area contributed by atoms with Crippen molar-refractivity contribution in [1.29, 1.82) is 0 Å². The van der Waals surface area contributed by atoms with Crippen LogP contribution < -0.4 is 0 Å². The lowest BCUT2D eigenvalue weighted by Crippen LogP contribution is -2.35. The average molecular weight is 2080 g/mol. The van der Waals surface area contributed by atoms with Gasteiger partial charge in [0.25, 0.3) is 5.91 Å². The highest BCUT2D eigenvalue weighted by Gasteiger charge is 2.29. The van der Waals surface area contributed by atoms with E-state index in [1.807, 2.05) is 208 Å². The Labute approximate surface area is 891 Å². The van der Waals surface area contributed by atoms with Gasteiger partial charge in [-0.2, -0.15) is 4.36 Å². The first-order chi connectivity index (χ1) is 66.6. The summed E-state index contributed by atoms with van der Waals surface area (Å²) in [6.45, 7) is 81.6. The molecular formula is C122H228N2O20S. The zero-order chi connectivity index (χ0) is 115. The summed E-state index contributed by atoms with van der Waals surface area (Å²) in [6.07, 6.45) is 34.6. The smallest absolute Gasteiger partial charge is 0.256 e. The van der Waals surface area contributed by atoms with Crippen LogP contribution in [0.15, 0.2) is 4.36 Å². The molecule has 2 aliphatic heterocycles. The molecule has 5 atom stereocenters. The number of methoxy groups -OCH3 is 1. The number of amides is 2. The van der Waals surface area contributed by atoms with Crippen LogP contribution in [0.5, 0.6) is 0 Å². The van der Waals surface area contributed by atoms with E-state index in [0.717, 1.165) is 108 Å². The van der Waals surface area contributed by atoms with Crippen LogP contribution in [0.2, 0.25) is 0 Å². The van der Waals surface area contributed by atoms with E-state index in [4.69, 9.17) is 25.7 Å². The number of ether oxygens (including phenoxy) is 3. The molecule has 2 heterocycles. The molecule has 0 bridgehead atoms. The summed E-state index contributed by atoms with van der Waals surface area (Å²) < 4.78 is 29.5. The number of rotatable bonds is 44. The Morgan fingerprint density at radius 3 is 1.01 bits per heavy atom. The number of aliphatic hydroxyl groups excluding tert-OH is 1. The van der Waals surface area contributed by atoms with Gasteiger partial charge in [0.15, 0.2) is 0 Å². The molecular weight excluding hydrogens is 1850 g/mol. The van der Waals surface area contributed by atoms with E-state index in [0.29, 0.717) is 158 Å². The van der Waals surface area contributed by atoms with Crippen molar-refractivity contribution in [3.63, 3.8) is 0 Å². The minimum absolute atomic E-state index is 0.0948. The monoisotopic (exact) mass is 2070 g/mol. The number of carbonyl (C=O) groups is 14. The first-order valence-corrected chi connectivity index (χ1v) is 58.1. The normalized spacial score (nSPS) is 15.5. The molecule has 852 valence electrons. The highest BCUT2D eigenvalue weighted by Crippen LogP contribution is 2.35. The van der Waals surface area contributed by atoms with E-state index >= 15 is 0 Å². The molecule has 5 unspecified atom stereocenters. The molecule has 2 N–H and O–H groups in total. The summed E-state index contributed by atoms with van der Waals surface area (Å²) in [5.41, 5.74) is -0.704. The zero-order valence-corrected chi connectivity index (χ0v) is 102. The van der Waals surface area contributed by atoms with Gasteiger partial charge in [0.2, 0.25) is 5.91 Å². The number of terminal acetylenes is 1. The number of Topliss-reactive ketones (excluding diaryl/α,β-unsaturated/α-hetero) is 12. The summed E-state index contributed by atoms with van der Waals surface area (Å²) in [5, 5.41) is 18.1. The summed E-state index contributed by atoms with van der Waals surface area (Å²) in [4.78, 5) is 157. The third-order valence-electron chi connectivity index (χ3n) is 25.2. The largest absolute Gasteiger partial charge is 0.393 e. The van der Waals surface area contributed by atoms with Crippen LogP contribution in [0.4, 0.5) is 0 Å². The minimum Gasteiger partial charge on any atom is -0.393 e. The van der Waals surface area contributed by atoms with Crippen molar-refractivity contribution in [3.8, 4) is 24.2 Å². The van der Waals surface area contributed by atoms with Crippen LogP contribution in [-0.4, -0.2) is 178 Å². The van der Waals surface area contributed by atoms with Gasteiger partial charge < -0.3 is 29.3 Å². The van der Waals surface area contributed by atoms with Crippen LogP contribution in [0.3, 0.4) is 0 Å². The van der Waals surface area contributed by atoms with Gasteiger partial charge >= 0.3 is 0 Å². The maximum Gasteiger partial charge on any atom is 0.256 e. The van der Waals surface area contributed by atoms with E-state index in [-0.39, 0.29) is 118 Å². The Kier molecular flexibility index (Phi) is 100. The quantitative estimate of drug-likeness (QED) is 0.0535. The topological polar surface area (TPSA) is 340 Å². The molecule has 22 nitrogen and oxygen atoms in total. The number of carbonyl (C=O) groups excluding carboxylic acids is 14. The highest BCUT2D eigenvalue weighted by molar-refractivity contribution is 7.92. The van der Waals surface area contributed by atoms with Crippen molar-refractivity contribution < 1.29 is 95.8 Å². The maximum atomic E-state index is 11.4. The third kappa shape index (κ3) is 104. The van der Waals surface area contributed by atoms with Gasteiger partial charge in [0, 0.05) is 241 Å². The molecule has 0 aromatic carbocycles. The molecule has 0 aromatic heterocycles. The Bertz CT molecular complexity index is 3610. The van der Waals surface area contributed by atoms with Crippen LogP contribution in [0.1, 0.15) is 463 Å². The molecule has 0 radical (unpaired) electrons. The van der Waals surface area contributed by atoms with E-state index in [1.165, 1.54) is 76.7 Å². The zero-order valence-electron chi connectivity index (χ0n) is 102. The van der Waals surface area contributed by atoms with Crippen LogP contribution in [0.25, 0.3) is 0 Å². The van der Waals surface area contributed by atoms with Crippen molar-refractivity contribution in [1.82, 2.24) is 4.90 Å². The van der Waals surface area contributed by atoms with Crippen LogP contribution >= 0.6 is 0 Å². The third-order valence-corrected chi connectivity index (χ3v) is 25.8.